The molecule has 0 amide bonds. The molecule has 2 heterocycles. The number of nitrogens with zero attached hydrogens (tertiary/aromatic N) is 2. The van der Waals surface area contributed by atoms with Crippen LogP contribution in [0.5, 0.6) is 0 Å². The van der Waals surface area contributed by atoms with Crippen molar-refractivity contribution in [3.8, 4) is 0 Å². The van der Waals surface area contributed by atoms with Crippen LogP contribution < -0.4 is 10.3 Å². The maximum absolute atomic E-state index is 12.2. The third-order valence-electron chi connectivity index (χ3n) is 2.71. The molecule has 2 rings (SSSR count). The van der Waals surface area contributed by atoms with E-state index in [9.17, 15) is 13.2 Å². The van der Waals surface area contributed by atoms with Gasteiger partial charge in [-0.15, -0.1) is 0 Å². The van der Waals surface area contributed by atoms with Gasteiger partial charge in [0.05, 0.1) is 5.69 Å². The molecule has 0 aliphatic heterocycles. The monoisotopic (exact) mass is 327 g/mol. The average molecular weight is 328 g/mol. The molecule has 112 valence electrons. The lowest BCUT2D eigenvalue weighted by atomic mass is 10.4. The summed E-state index contributed by atoms with van der Waals surface area (Å²) >= 11 is 5.63. The fraction of sp³-hybridized carbons (Fsp3) is 0.231. The minimum absolute atomic E-state index is 0.000131. The third-order valence-corrected chi connectivity index (χ3v) is 4.30. The van der Waals surface area contributed by atoms with E-state index in [0.717, 1.165) is 6.42 Å². The van der Waals surface area contributed by atoms with Crippen molar-refractivity contribution >= 4 is 27.3 Å². The highest BCUT2D eigenvalue weighted by Gasteiger charge is 2.15. The van der Waals surface area contributed by atoms with Crippen LogP contribution >= 0.6 is 11.6 Å². The predicted octanol–water partition coefficient (Wildman–Crippen LogP) is 2.11. The second-order valence-corrected chi connectivity index (χ2v) is 6.44. The maximum Gasteiger partial charge on any atom is 0.263 e. The zero-order valence-corrected chi connectivity index (χ0v) is 12.9. The van der Waals surface area contributed by atoms with Gasteiger partial charge in [-0.25, -0.2) is 13.4 Å². The Balaban J connectivity index is 2.30. The SMILES string of the molecule is CCCn1cc(NS(=O)(=O)c2ccc(Cl)nc2)ccc1=O. The molecular formula is C13H14ClN3O3S. The fourth-order valence-electron chi connectivity index (χ4n) is 1.74. The first kappa shape index (κ1) is 15.5. The summed E-state index contributed by atoms with van der Waals surface area (Å²) in [6.45, 7) is 2.46. The van der Waals surface area contributed by atoms with E-state index in [1.807, 2.05) is 6.92 Å². The number of rotatable bonds is 5. The first-order chi connectivity index (χ1) is 9.92. The van der Waals surface area contributed by atoms with Gasteiger partial charge < -0.3 is 4.57 Å². The van der Waals surface area contributed by atoms with Crippen molar-refractivity contribution in [2.24, 2.45) is 0 Å². The molecule has 0 unspecified atom stereocenters. The molecule has 2 aromatic heterocycles. The molecule has 0 aliphatic carbocycles. The topological polar surface area (TPSA) is 81.1 Å². The molecule has 21 heavy (non-hydrogen) atoms. The number of halogens is 1. The summed E-state index contributed by atoms with van der Waals surface area (Å²) in [6.07, 6.45) is 3.43. The van der Waals surface area contributed by atoms with Crippen LogP contribution in [0.4, 0.5) is 5.69 Å². The number of anilines is 1. The van der Waals surface area contributed by atoms with Gasteiger partial charge in [0, 0.05) is 25.0 Å². The number of sulfonamides is 1. The molecule has 0 saturated carbocycles. The second kappa shape index (κ2) is 6.28. The smallest absolute Gasteiger partial charge is 0.263 e. The number of hydrogen-bond acceptors (Lipinski definition) is 4. The highest BCUT2D eigenvalue weighted by molar-refractivity contribution is 7.92. The fourth-order valence-corrected chi connectivity index (χ4v) is 2.84. The van der Waals surface area contributed by atoms with Crippen molar-refractivity contribution in [3.63, 3.8) is 0 Å². The molecule has 0 spiro atoms. The minimum atomic E-state index is -3.76. The normalized spacial score (nSPS) is 11.3. The van der Waals surface area contributed by atoms with E-state index in [-0.39, 0.29) is 15.6 Å². The van der Waals surface area contributed by atoms with E-state index in [4.69, 9.17) is 11.6 Å². The molecule has 0 fully saturated rings. The van der Waals surface area contributed by atoms with E-state index in [1.165, 1.54) is 41.2 Å². The summed E-state index contributed by atoms with van der Waals surface area (Å²) in [4.78, 5) is 15.3. The molecule has 2 aromatic rings. The van der Waals surface area contributed by atoms with Crippen LogP contribution in [-0.2, 0) is 16.6 Å². The lowest BCUT2D eigenvalue weighted by Crippen LogP contribution is -2.20. The Morgan fingerprint density at radius 2 is 2.05 bits per heavy atom. The van der Waals surface area contributed by atoms with Crippen LogP contribution in [0.3, 0.4) is 0 Å². The molecule has 6 nitrogen and oxygen atoms in total. The molecule has 0 atom stereocenters. The Labute approximate surface area is 127 Å². The van der Waals surface area contributed by atoms with Crippen molar-refractivity contribution in [1.82, 2.24) is 9.55 Å². The first-order valence-electron chi connectivity index (χ1n) is 6.27. The predicted molar refractivity (Wildman–Crippen MR) is 81.0 cm³/mol. The Morgan fingerprint density at radius 1 is 1.29 bits per heavy atom. The van der Waals surface area contributed by atoms with Crippen LogP contribution in [-0.4, -0.2) is 18.0 Å². The van der Waals surface area contributed by atoms with Gasteiger partial charge in [0.25, 0.3) is 15.6 Å². The zero-order chi connectivity index (χ0) is 15.5. The molecule has 0 aliphatic rings. The lowest BCUT2D eigenvalue weighted by molar-refractivity contribution is 0.600. The highest BCUT2D eigenvalue weighted by atomic mass is 35.5. The Kier molecular flexibility index (Phi) is 4.64. The number of pyridine rings is 2. The third kappa shape index (κ3) is 3.83. The molecule has 0 aromatic carbocycles. The van der Waals surface area contributed by atoms with Gasteiger partial charge in [-0.1, -0.05) is 18.5 Å². The van der Waals surface area contributed by atoms with Gasteiger partial charge in [0.1, 0.15) is 10.0 Å². The Bertz CT molecular complexity index is 785. The van der Waals surface area contributed by atoms with E-state index >= 15 is 0 Å². The summed E-state index contributed by atoms with van der Waals surface area (Å²) in [5.41, 5.74) is 0.144. The molecule has 0 bridgehead atoms. The second-order valence-electron chi connectivity index (χ2n) is 4.37. The summed E-state index contributed by atoms with van der Waals surface area (Å²) < 4.78 is 28.2. The van der Waals surface area contributed by atoms with E-state index in [0.29, 0.717) is 12.2 Å². The number of nitrogens with one attached hydrogen (secondary N) is 1. The lowest BCUT2D eigenvalue weighted by Gasteiger charge is -2.10. The zero-order valence-electron chi connectivity index (χ0n) is 11.3. The summed E-state index contributed by atoms with van der Waals surface area (Å²) in [5.74, 6) is 0. The van der Waals surface area contributed by atoms with Gasteiger partial charge in [0.15, 0.2) is 0 Å². The summed E-state index contributed by atoms with van der Waals surface area (Å²) in [7, 11) is -3.76. The van der Waals surface area contributed by atoms with Crippen LogP contribution in [0.15, 0.2) is 46.3 Å². The Hall–Kier alpha value is -1.86. The van der Waals surface area contributed by atoms with Crippen molar-refractivity contribution in [1.29, 1.82) is 0 Å². The Morgan fingerprint density at radius 3 is 2.67 bits per heavy atom. The molecule has 8 heteroatoms. The maximum atomic E-state index is 12.2. The number of aromatic nitrogens is 2. The van der Waals surface area contributed by atoms with Gasteiger partial charge in [-0.2, -0.15) is 0 Å². The summed E-state index contributed by atoms with van der Waals surface area (Å²) in [6, 6.07) is 5.51. The van der Waals surface area contributed by atoms with Crippen LogP contribution in [0.25, 0.3) is 0 Å². The van der Waals surface area contributed by atoms with Crippen LogP contribution in [0.1, 0.15) is 13.3 Å². The highest BCUT2D eigenvalue weighted by Crippen LogP contribution is 2.15. The van der Waals surface area contributed by atoms with Crippen molar-refractivity contribution in [2.75, 3.05) is 4.72 Å². The molecular weight excluding hydrogens is 314 g/mol. The van der Waals surface area contributed by atoms with E-state index in [1.54, 1.807) is 0 Å². The van der Waals surface area contributed by atoms with Gasteiger partial charge in [-0.3, -0.25) is 9.52 Å². The van der Waals surface area contributed by atoms with Crippen molar-refractivity contribution in [2.45, 2.75) is 24.8 Å². The summed E-state index contributed by atoms with van der Waals surface area (Å²) in [5, 5.41) is 0.213. The standard InChI is InChI=1S/C13H14ClN3O3S/c1-2-7-17-9-10(3-6-13(17)18)16-21(19,20)11-4-5-12(14)15-8-11/h3-6,8-9,16H,2,7H2,1H3. The van der Waals surface area contributed by atoms with Crippen LogP contribution in [0, 0.1) is 0 Å². The van der Waals surface area contributed by atoms with Gasteiger partial charge >= 0.3 is 0 Å². The number of aryl methyl sites for hydroxylation is 1. The molecule has 0 radical (unpaired) electrons. The average Bonchev–Trinajstić information content (AvgIpc) is 2.43. The van der Waals surface area contributed by atoms with Crippen LogP contribution in [0.2, 0.25) is 5.15 Å². The van der Waals surface area contributed by atoms with E-state index < -0.39 is 10.0 Å². The molecule has 0 saturated heterocycles. The largest absolute Gasteiger partial charge is 0.313 e. The molecule has 1 N–H and O–H groups in total. The minimum Gasteiger partial charge on any atom is -0.313 e. The quantitative estimate of drug-likeness (QED) is 0.853. The van der Waals surface area contributed by atoms with Crippen molar-refractivity contribution in [3.05, 3.63) is 52.2 Å². The first-order valence-corrected chi connectivity index (χ1v) is 8.13. The van der Waals surface area contributed by atoms with Crippen molar-refractivity contribution < 1.29 is 8.42 Å². The van der Waals surface area contributed by atoms with E-state index in [2.05, 4.69) is 9.71 Å². The number of hydrogen-bond donors (Lipinski definition) is 1. The van der Waals surface area contributed by atoms with Gasteiger partial charge in [0.2, 0.25) is 0 Å². The van der Waals surface area contributed by atoms with Gasteiger partial charge in [-0.05, 0) is 24.6 Å².